The van der Waals surface area contributed by atoms with Crippen molar-refractivity contribution in [2.45, 2.75) is 39.7 Å². The number of alkyl halides is 1. The number of para-hydroxylation sites is 1. The lowest BCUT2D eigenvalue weighted by atomic mass is 10.1. The van der Waals surface area contributed by atoms with Gasteiger partial charge in [0.2, 0.25) is 0 Å². The predicted molar refractivity (Wildman–Crippen MR) is 83.2 cm³/mol. The molecule has 1 aromatic carbocycles. The Morgan fingerprint density at radius 1 is 1.32 bits per heavy atom. The number of benzene rings is 1. The number of aryl methyl sites for hydroxylation is 2. The second-order valence-corrected chi connectivity index (χ2v) is 6.05. The van der Waals surface area contributed by atoms with Crippen LogP contribution in [0.3, 0.4) is 0 Å². The maximum atomic E-state index is 6.22. The molecule has 0 radical (unpaired) electrons. The summed E-state index contributed by atoms with van der Waals surface area (Å²) in [5.41, 5.74) is 2.02. The minimum atomic E-state index is 0.588. The lowest BCUT2D eigenvalue weighted by molar-refractivity contribution is 0.510. The Kier molecular flexibility index (Phi) is 5.12. The van der Waals surface area contributed by atoms with Gasteiger partial charge in [0.25, 0.3) is 0 Å². The van der Waals surface area contributed by atoms with E-state index in [-0.39, 0.29) is 0 Å². The Hall–Kier alpha value is -0.730. The van der Waals surface area contributed by atoms with Crippen molar-refractivity contribution < 1.29 is 0 Å². The van der Waals surface area contributed by atoms with Gasteiger partial charge in [0.05, 0.1) is 10.5 Å². The van der Waals surface area contributed by atoms with Gasteiger partial charge in [-0.25, -0.2) is 4.98 Å². The third-order valence-corrected chi connectivity index (χ3v) is 3.78. The molecule has 0 bridgehead atoms. The maximum Gasteiger partial charge on any atom is 0.111 e. The Morgan fingerprint density at radius 2 is 2.11 bits per heavy atom. The van der Waals surface area contributed by atoms with E-state index in [9.17, 15) is 0 Å². The van der Waals surface area contributed by atoms with Gasteiger partial charge in [-0.2, -0.15) is 0 Å². The molecule has 2 nitrogen and oxygen atoms in total. The number of aromatic nitrogens is 2. The molecule has 4 heteroatoms. The van der Waals surface area contributed by atoms with Crippen LogP contribution in [0, 0.1) is 5.92 Å². The number of rotatable bonds is 6. The molecule has 2 rings (SSSR count). The van der Waals surface area contributed by atoms with E-state index < -0.39 is 0 Å². The monoisotopic (exact) mass is 298 g/mol. The maximum absolute atomic E-state index is 6.22. The first-order valence-electron chi connectivity index (χ1n) is 6.83. The lowest BCUT2D eigenvalue weighted by Gasteiger charge is -2.09. The molecule has 0 amide bonds. The average molecular weight is 299 g/mol. The van der Waals surface area contributed by atoms with Crippen molar-refractivity contribution in [3.63, 3.8) is 0 Å². The molecule has 0 aliphatic heterocycles. The van der Waals surface area contributed by atoms with Crippen molar-refractivity contribution in [2.24, 2.45) is 5.92 Å². The smallest absolute Gasteiger partial charge is 0.111 e. The first-order valence-corrected chi connectivity index (χ1v) is 7.74. The number of fused-ring (bicyclic) bond motifs is 1. The van der Waals surface area contributed by atoms with E-state index in [1.54, 1.807) is 0 Å². The zero-order valence-corrected chi connectivity index (χ0v) is 13.0. The van der Waals surface area contributed by atoms with Crippen LogP contribution in [0.4, 0.5) is 0 Å². The summed E-state index contributed by atoms with van der Waals surface area (Å²) in [5, 5.41) is 0.718. The van der Waals surface area contributed by atoms with Crippen LogP contribution in [-0.4, -0.2) is 15.4 Å². The van der Waals surface area contributed by atoms with Crippen LogP contribution in [0.1, 0.15) is 32.5 Å². The topological polar surface area (TPSA) is 17.8 Å². The summed E-state index contributed by atoms with van der Waals surface area (Å²) >= 11 is 12.1. The van der Waals surface area contributed by atoms with Crippen molar-refractivity contribution in [1.82, 2.24) is 9.55 Å². The summed E-state index contributed by atoms with van der Waals surface area (Å²) in [6.45, 7) is 5.49. The molecule has 0 atom stereocenters. The summed E-state index contributed by atoms with van der Waals surface area (Å²) in [6, 6.07) is 5.96. The predicted octanol–water partition coefficient (Wildman–Crippen LogP) is 4.91. The summed E-state index contributed by atoms with van der Waals surface area (Å²) in [7, 11) is 0. The lowest BCUT2D eigenvalue weighted by Crippen LogP contribution is -2.05. The van der Waals surface area contributed by atoms with E-state index in [4.69, 9.17) is 23.2 Å². The number of hydrogen-bond donors (Lipinski definition) is 0. The molecular formula is C15H20Cl2N2. The number of imidazole rings is 1. The van der Waals surface area contributed by atoms with Crippen molar-refractivity contribution in [2.75, 3.05) is 5.88 Å². The third-order valence-electron chi connectivity index (χ3n) is 3.29. The minimum absolute atomic E-state index is 0.588. The largest absolute Gasteiger partial charge is 0.328 e. The SMILES string of the molecule is CC(C)CCCn1c(CCCl)nc2c(Cl)cccc21. The van der Waals surface area contributed by atoms with Crippen LogP contribution >= 0.6 is 23.2 Å². The molecule has 0 N–H and O–H groups in total. The van der Waals surface area contributed by atoms with Crippen molar-refractivity contribution in [3.05, 3.63) is 29.0 Å². The van der Waals surface area contributed by atoms with Crippen LogP contribution in [0.25, 0.3) is 11.0 Å². The normalized spacial score (nSPS) is 11.6. The van der Waals surface area contributed by atoms with E-state index in [0.29, 0.717) is 5.88 Å². The summed E-state index contributed by atoms with van der Waals surface area (Å²) in [4.78, 5) is 4.65. The van der Waals surface area contributed by atoms with E-state index in [0.717, 1.165) is 47.2 Å². The van der Waals surface area contributed by atoms with E-state index in [1.165, 1.54) is 6.42 Å². The Balaban J connectivity index is 2.32. The molecule has 1 heterocycles. The fourth-order valence-corrected chi connectivity index (χ4v) is 2.72. The highest BCUT2D eigenvalue weighted by Crippen LogP contribution is 2.25. The first-order chi connectivity index (χ1) is 9.13. The third kappa shape index (κ3) is 3.43. The van der Waals surface area contributed by atoms with Gasteiger partial charge in [-0.05, 0) is 30.9 Å². The zero-order chi connectivity index (χ0) is 13.8. The van der Waals surface area contributed by atoms with E-state index in [2.05, 4.69) is 29.5 Å². The van der Waals surface area contributed by atoms with Gasteiger partial charge in [0, 0.05) is 18.8 Å². The molecule has 0 saturated heterocycles. The van der Waals surface area contributed by atoms with Crippen LogP contribution in [0.5, 0.6) is 0 Å². The fourth-order valence-electron chi connectivity index (χ4n) is 2.34. The first kappa shape index (κ1) is 14.7. The number of hydrogen-bond acceptors (Lipinski definition) is 1. The van der Waals surface area contributed by atoms with Crippen molar-refractivity contribution >= 4 is 34.2 Å². The van der Waals surface area contributed by atoms with Crippen LogP contribution in [-0.2, 0) is 13.0 Å². The van der Waals surface area contributed by atoms with Gasteiger partial charge < -0.3 is 4.57 Å². The Morgan fingerprint density at radius 3 is 2.79 bits per heavy atom. The van der Waals surface area contributed by atoms with Crippen LogP contribution < -0.4 is 0 Å². The second-order valence-electron chi connectivity index (χ2n) is 5.26. The van der Waals surface area contributed by atoms with Crippen LogP contribution in [0.2, 0.25) is 5.02 Å². The quantitative estimate of drug-likeness (QED) is 0.693. The molecule has 0 saturated carbocycles. The molecule has 0 unspecified atom stereocenters. The Labute approximate surface area is 124 Å². The van der Waals surface area contributed by atoms with E-state index in [1.807, 2.05) is 12.1 Å². The van der Waals surface area contributed by atoms with Gasteiger partial charge in [-0.3, -0.25) is 0 Å². The molecule has 0 aliphatic rings. The Bertz CT molecular complexity index is 546. The van der Waals surface area contributed by atoms with Gasteiger partial charge in [-0.15, -0.1) is 11.6 Å². The van der Waals surface area contributed by atoms with Crippen LogP contribution in [0.15, 0.2) is 18.2 Å². The summed E-state index contributed by atoms with van der Waals surface area (Å²) < 4.78 is 2.27. The highest BCUT2D eigenvalue weighted by molar-refractivity contribution is 6.34. The highest BCUT2D eigenvalue weighted by Gasteiger charge is 2.12. The molecule has 0 fully saturated rings. The van der Waals surface area contributed by atoms with Crippen molar-refractivity contribution in [3.8, 4) is 0 Å². The number of halogens is 2. The molecule has 19 heavy (non-hydrogen) atoms. The van der Waals surface area contributed by atoms with Gasteiger partial charge in [0.1, 0.15) is 11.3 Å². The highest BCUT2D eigenvalue weighted by atomic mass is 35.5. The second kappa shape index (κ2) is 6.62. The van der Waals surface area contributed by atoms with Gasteiger partial charge in [-0.1, -0.05) is 31.5 Å². The van der Waals surface area contributed by atoms with Gasteiger partial charge in [0.15, 0.2) is 0 Å². The minimum Gasteiger partial charge on any atom is -0.328 e. The molecule has 0 aliphatic carbocycles. The molecule has 1 aromatic heterocycles. The molecule has 104 valence electrons. The zero-order valence-electron chi connectivity index (χ0n) is 11.5. The van der Waals surface area contributed by atoms with Crippen molar-refractivity contribution in [1.29, 1.82) is 0 Å². The average Bonchev–Trinajstić information content (AvgIpc) is 2.70. The van der Waals surface area contributed by atoms with E-state index >= 15 is 0 Å². The van der Waals surface area contributed by atoms with Gasteiger partial charge >= 0.3 is 0 Å². The standard InChI is InChI=1S/C15H20Cl2N2/c1-11(2)5-4-10-19-13-7-3-6-12(17)15(13)18-14(19)8-9-16/h3,6-7,11H,4-5,8-10H2,1-2H3. The summed E-state index contributed by atoms with van der Waals surface area (Å²) in [5.74, 6) is 2.36. The molecule has 0 spiro atoms. The molecular weight excluding hydrogens is 279 g/mol. The fraction of sp³-hybridized carbons (Fsp3) is 0.533. The summed E-state index contributed by atoms with van der Waals surface area (Å²) in [6.07, 6.45) is 3.17. The number of nitrogens with zero attached hydrogens (tertiary/aromatic N) is 2. The molecule has 2 aromatic rings.